The third-order valence-corrected chi connectivity index (χ3v) is 4.61. The van der Waals surface area contributed by atoms with E-state index in [1.54, 1.807) is 12.5 Å². The Morgan fingerprint density at radius 1 is 1.04 bits per heavy atom. The first-order valence-electron chi connectivity index (χ1n) is 8.80. The topological polar surface area (TPSA) is 47.4 Å². The van der Waals surface area contributed by atoms with Crippen LogP contribution in [0.3, 0.4) is 0 Å². The molecule has 0 aliphatic carbocycles. The van der Waals surface area contributed by atoms with Crippen LogP contribution in [-0.4, -0.2) is 39.6 Å². The number of rotatable bonds is 3. The molecule has 1 saturated heterocycles. The van der Waals surface area contributed by atoms with Crippen molar-refractivity contribution in [1.29, 1.82) is 0 Å². The van der Waals surface area contributed by atoms with Gasteiger partial charge in [0.2, 0.25) is 0 Å². The molecule has 1 aliphatic rings. The maximum atomic E-state index is 13.2. The summed E-state index contributed by atoms with van der Waals surface area (Å²) in [7, 11) is 0. The monoisotopic (exact) mass is 347 g/mol. The molecule has 2 heterocycles. The molecular formula is C21H21N3O2. The average molecular weight is 347 g/mol. The van der Waals surface area contributed by atoms with Gasteiger partial charge in [-0.25, -0.2) is 4.98 Å². The van der Waals surface area contributed by atoms with Crippen molar-refractivity contribution in [1.82, 2.24) is 14.5 Å². The average Bonchev–Trinajstić information content (AvgIpc) is 3.18. The number of ether oxygens (including phenoxy) is 1. The molecule has 132 valence electrons. The minimum atomic E-state index is -0.114. The summed E-state index contributed by atoms with van der Waals surface area (Å²) < 4.78 is 7.90. The predicted octanol–water partition coefficient (Wildman–Crippen LogP) is 3.47. The largest absolute Gasteiger partial charge is 0.367 e. The molecule has 0 saturated carbocycles. The second kappa shape index (κ2) is 7.14. The van der Waals surface area contributed by atoms with Gasteiger partial charge in [0.05, 0.1) is 25.2 Å². The third-order valence-electron chi connectivity index (χ3n) is 4.61. The molecule has 0 N–H and O–H groups in total. The van der Waals surface area contributed by atoms with Crippen molar-refractivity contribution in [3.63, 3.8) is 0 Å². The molecule has 1 aliphatic heterocycles. The van der Waals surface area contributed by atoms with Crippen molar-refractivity contribution >= 4 is 5.91 Å². The minimum absolute atomic E-state index is 0.0222. The fourth-order valence-corrected chi connectivity index (χ4v) is 3.38. The van der Waals surface area contributed by atoms with Gasteiger partial charge in [-0.15, -0.1) is 0 Å². The number of benzene rings is 2. The number of carbonyl (C=O) groups is 1. The summed E-state index contributed by atoms with van der Waals surface area (Å²) in [5, 5.41) is 0. The second-order valence-corrected chi connectivity index (χ2v) is 6.54. The Morgan fingerprint density at radius 2 is 1.73 bits per heavy atom. The molecule has 4 rings (SSSR count). The quantitative estimate of drug-likeness (QED) is 0.729. The van der Waals surface area contributed by atoms with Crippen molar-refractivity contribution in [2.45, 2.75) is 19.1 Å². The zero-order valence-electron chi connectivity index (χ0n) is 14.7. The van der Waals surface area contributed by atoms with Crippen LogP contribution in [0.5, 0.6) is 0 Å². The lowest BCUT2D eigenvalue weighted by atomic mass is 10.1. The van der Waals surface area contributed by atoms with Gasteiger partial charge >= 0.3 is 0 Å². The van der Waals surface area contributed by atoms with Gasteiger partial charge in [0.25, 0.3) is 5.91 Å². The van der Waals surface area contributed by atoms with Crippen LogP contribution in [0.1, 0.15) is 29.1 Å². The van der Waals surface area contributed by atoms with Gasteiger partial charge in [0.15, 0.2) is 0 Å². The predicted molar refractivity (Wildman–Crippen MR) is 99.2 cm³/mol. The molecule has 3 aromatic rings. The van der Waals surface area contributed by atoms with Gasteiger partial charge in [-0.05, 0) is 24.6 Å². The molecule has 2 atom stereocenters. The summed E-state index contributed by atoms with van der Waals surface area (Å²) in [5.74, 6) is -0.0255. The van der Waals surface area contributed by atoms with E-state index >= 15 is 0 Å². The lowest BCUT2D eigenvalue weighted by Crippen LogP contribution is -2.46. The molecule has 0 unspecified atom stereocenters. The number of nitrogens with zero attached hydrogens (tertiary/aromatic N) is 3. The van der Waals surface area contributed by atoms with E-state index in [1.807, 2.05) is 77.1 Å². The van der Waals surface area contributed by atoms with Crippen LogP contribution in [-0.2, 0) is 4.74 Å². The molecule has 26 heavy (non-hydrogen) atoms. The Hall–Kier alpha value is -2.92. The molecule has 1 fully saturated rings. The number of para-hydroxylation sites is 1. The number of carbonyl (C=O) groups excluding carboxylic acids is 1. The van der Waals surface area contributed by atoms with Crippen LogP contribution in [0.25, 0.3) is 5.69 Å². The Morgan fingerprint density at radius 3 is 2.46 bits per heavy atom. The first kappa shape index (κ1) is 16.5. The summed E-state index contributed by atoms with van der Waals surface area (Å²) in [6.07, 6.45) is 3.18. The summed E-state index contributed by atoms with van der Waals surface area (Å²) in [6, 6.07) is 19.8. The zero-order chi connectivity index (χ0) is 17.9. The van der Waals surface area contributed by atoms with Crippen LogP contribution < -0.4 is 0 Å². The van der Waals surface area contributed by atoms with E-state index in [-0.39, 0.29) is 18.1 Å². The highest BCUT2D eigenvalue weighted by Gasteiger charge is 2.31. The number of morpholine rings is 1. The van der Waals surface area contributed by atoms with E-state index in [9.17, 15) is 4.79 Å². The molecular weight excluding hydrogens is 326 g/mol. The van der Waals surface area contributed by atoms with Gasteiger partial charge in [0, 0.05) is 12.2 Å². The molecule has 0 radical (unpaired) electrons. The highest BCUT2D eigenvalue weighted by atomic mass is 16.5. The number of imidazole rings is 1. The standard InChI is InChI=1S/C21H21N3O2/c1-16-13-23(14-20(26-16)17-8-4-2-5-9-17)21(25)19-12-22-15-24(19)18-10-6-3-7-11-18/h2-12,15-16,20H,13-14H2,1H3/t16-,20+/m1/s1. The Bertz CT molecular complexity index is 877. The molecule has 1 amide bonds. The number of hydrogen-bond acceptors (Lipinski definition) is 3. The zero-order valence-corrected chi connectivity index (χ0v) is 14.7. The van der Waals surface area contributed by atoms with E-state index < -0.39 is 0 Å². The van der Waals surface area contributed by atoms with Crippen molar-refractivity contribution < 1.29 is 9.53 Å². The fraction of sp³-hybridized carbons (Fsp3) is 0.238. The Kier molecular flexibility index (Phi) is 4.54. The highest BCUT2D eigenvalue weighted by molar-refractivity contribution is 5.93. The van der Waals surface area contributed by atoms with Crippen LogP contribution in [0.4, 0.5) is 0 Å². The maximum Gasteiger partial charge on any atom is 0.272 e. The maximum absolute atomic E-state index is 13.2. The van der Waals surface area contributed by atoms with Crippen LogP contribution in [0.2, 0.25) is 0 Å². The van der Waals surface area contributed by atoms with E-state index in [1.165, 1.54) is 0 Å². The van der Waals surface area contributed by atoms with Gasteiger partial charge in [-0.3, -0.25) is 9.36 Å². The SMILES string of the molecule is C[C@@H]1CN(C(=O)c2cncn2-c2ccccc2)C[C@@H](c2ccccc2)O1. The third kappa shape index (κ3) is 3.26. The van der Waals surface area contributed by atoms with E-state index in [4.69, 9.17) is 4.74 Å². The van der Waals surface area contributed by atoms with Crippen molar-refractivity contribution in [3.8, 4) is 5.69 Å². The summed E-state index contributed by atoms with van der Waals surface area (Å²) in [5.41, 5.74) is 2.58. The lowest BCUT2D eigenvalue weighted by Gasteiger charge is -2.37. The molecule has 5 heteroatoms. The molecule has 5 nitrogen and oxygen atoms in total. The van der Waals surface area contributed by atoms with Crippen LogP contribution >= 0.6 is 0 Å². The fourth-order valence-electron chi connectivity index (χ4n) is 3.38. The number of amides is 1. The Balaban J connectivity index is 1.60. The molecule has 0 spiro atoms. The lowest BCUT2D eigenvalue weighted by molar-refractivity contribution is -0.0693. The second-order valence-electron chi connectivity index (χ2n) is 6.54. The molecule has 2 aromatic carbocycles. The smallest absolute Gasteiger partial charge is 0.272 e. The van der Waals surface area contributed by atoms with Gasteiger partial charge < -0.3 is 9.64 Å². The van der Waals surface area contributed by atoms with Gasteiger partial charge in [-0.2, -0.15) is 0 Å². The van der Waals surface area contributed by atoms with Crippen LogP contribution in [0.15, 0.2) is 73.2 Å². The summed E-state index contributed by atoms with van der Waals surface area (Å²) in [4.78, 5) is 19.2. The normalized spacial score (nSPS) is 20.1. The van der Waals surface area contributed by atoms with Gasteiger partial charge in [-0.1, -0.05) is 48.5 Å². The number of hydrogen-bond donors (Lipinski definition) is 0. The summed E-state index contributed by atoms with van der Waals surface area (Å²) >= 11 is 0. The first-order chi connectivity index (χ1) is 12.7. The van der Waals surface area contributed by atoms with Crippen molar-refractivity contribution in [2.75, 3.05) is 13.1 Å². The van der Waals surface area contributed by atoms with Crippen molar-refractivity contribution in [2.24, 2.45) is 0 Å². The van der Waals surface area contributed by atoms with E-state index in [0.717, 1.165) is 11.3 Å². The summed E-state index contributed by atoms with van der Waals surface area (Å²) in [6.45, 7) is 3.11. The van der Waals surface area contributed by atoms with Crippen molar-refractivity contribution in [3.05, 3.63) is 84.4 Å². The Labute approximate surface area is 152 Å². The van der Waals surface area contributed by atoms with E-state index in [2.05, 4.69) is 4.98 Å². The molecule has 0 bridgehead atoms. The highest BCUT2D eigenvalue weighted by Crippen LogP contribution is 2.26. The molecule has 1 aromatic heterocycles. The van der Waals surface area contributed by atoms with Crippen LogP contribution in [0, 0.1) is 0 Å². The first-order valence-corrected chi connectivity index (χ1v) is 8.80. The van der Waals surface area contributed by atoms with E-state index in [0.29, 0.717) is 18.8 Å². The van der Waals surface area contributed by atoms with Gasteiger partial charge in [0.1, 0.15) is 11.8 Å². The minimum Gasteiger partial charge on any atom is -0.367 e. The number of aromatic nitrogens is 2.